The Balaban J connectivity index is 1.77. The van der Waals surface area contributed by atoms with Crippen LogP contribution in [0, 0.1) is 11.6 Å². The van der Waals surface area contributed by atoms with Crippen molar-refractivity contribution in [3.8, 4) is 11.5 Å². The molecular weight excluding hydrogens is 364 g/mol. The van der Waals surface area contributed by atoms with E-state index in [1.807, 2.05) is 13.8 Å². The number of benzene rings is 2. The molecule has 0 saturated heterocycles. The second-order valence-electron chi connectivity index (χ2n) is 7.10. The van der Waals surface area contributed by atoms with Gasteiger partial charge in [-0.05, 0) is 31.0 Å². The molecular formula is C21H19F2N3O2. The van der Waals surface area contributed by atoms with Gasteiger partial charge in [-0.2, -0.15) is 4.98 Å². The Morgan fingerprint density at radius 1 is 1.21 bits per heavy atom. The van der Waals surface area contributed by atoms with Crippen LogP contribution >= 0.6 is 0 Å². The maximum absolute atomic E-state index is 14.2. The second kappa shape index (κ2) is 7.14. The number of carbonyl (C=O) groups excluding carboxylic acids is 1. The summed E-state index contributed by atoms with van der Waals surface area (Å²) in [6, 6.07) is 8.94. The fourth-order valence-electron chi connectivity index (χ4n) is 3.40. The van der Waals surface area contributed by atoms with E-state index in [4.69, 9.17) is 4.52 Å². The highest BCUT2D eigenvalue weighted by Crippen LogP contribution is 2.33. The Hall–Kier alpha value is -3.09. The SMILES string of the molecule is CC(C)c1noc(-c2ccccc2C(=O)N2CCCc3c(F)cc(F)cc32)n1. The van der Waals surface area contributed by atoms with Gasteiger partial charge in [0.2, 0.25) is 0 Å². The van der Waals surface area contributed by atoms with Gasteiger partial charge in [-0.15, -0.1) is 0 Å². The van der Waals surface area contributed by atoms with E-state index in [1.165, 1.54) is 11.0 Å². The van der Waals surface area contributed by atoms with Crippen LogP contribution in [0.5, 0.6) is 0 Å². The van der Waals surface area contributed by atoms with Crippen LogP contribution in [-0.2, 0) is 6.42 Å². The molecule has 1 aromatic heterocycles. The molecule has 28 heavy (non-hydrogen) atoms. The average molecular weight is 383 g/mol. The molecule has 2 aromatic carbocycles. The number of hydrogen-bond acceptors (Lipinski definition) is 4. The molecule has 4 rings (SSSR count). The van der Waals surface area contributed by atoms with Gasteiger partial charge in [-0.3, -0.25) is 4.79 Å². The minimum absolute atomic E-state index is 0.0836. The summed E-state index contributed by atoms with van der Waals surface area (Å²) in [6.45, 7) is 4.27. The summed E-state index contributed by atoms with van der Waals surface area (Å²) in [7, 11) is 0. The second-order valence-corrected chi connectivity index (χ2v) is 7.10. The van der Waals surface area contributed by atoms with Crippen LogP contribution in [0.3, 0.4) is 0 Å². The number of carbonyl (C=O) groups is 1. The number of anilines is 1. The van der Waals surface area contributed by atoms with Gasteiger partial charge in [0.25, 0.3) is 11.8 Å². The number of halogens is 2. The zero-order valence-corrected chi connectivity index (χ0v) is 15.6. The molecule has 0 radical (unpaired) electrons. The Labute approximate surface area is 161 Å². The molecule has 2 heterocycles. The molecule has 0 aliphatic carbocycles. The summed E-state index contributed by atoms with van der Waals surface area (Å²) in [5, 5.41) is 3.95. The molecule has 7 heteroatoms. The molecule has 0 atom stereocenters. The van der Waals surface area contributed by atoms with Crippen molar-refractivity contribution in [2.24, 2.45) is 0 Å². The molecule has 3 aromatic rings. The van der Waals surface area contributed by atoms with Gasteiger partial charge in [0.15, 0.2) is 5.82 Å². The first-order chi connectivity index (χ1) is 13.5. The van der Waals surface area contributed by atoms with Gasteiger partial charge in [0.05, 0.1) is 16.8 Å². The number of rotatable bonds is 3. The van der Waals surface area contributed by atoms with E-state index in [1.54, 1.807) is 24.3 Å². The van der Waals surface area contributed by atoms with Gasteiger partial charge in [-0.25, -0.2) is 8.78 Å². The molecule has 1 aliphatic heterocycles. The van der Waals surface area contributed by atoms with E-state index in [0.717, 1.165) is 6.07 Å². The monoisotopic (exact) mass is 383 g/mol. The topological polar surface area (TPSA) is 59.2 Å². The number of nitrogens with zero attached hydrogens (tertiary/aromatic N) is 3. The lowest BCUT2D eigenvalue weighted by molar-refractivity contribution is 0.0985. The van der Waals surface area contributed by atoms with Crippen LogP contribution in [0.4, 0.5) is 14.5 Å². The van der Waals surface area contributed by atoms with E-state index < -0.39 is 11.6 Å². The quantitative estimate of drug-likeness (QED) is 0.656. The molecule has 0 spiro atoms. The maximum Gasteiger partial charge on any atom is 0.259 e. The van der Waals surface area contributed by atoms with Crippen molar-refractivity contribution in [2.45, 2.75) is 32.6 Å². The standard InChI is InChI=1S/C21H19F2N3O2/c1-12(2)19-24-20(28-25-19)14-6-3-4-7-15(14)21(27)26-9-5-8-16-17(23)10-13(22)11-18(16)26/h3-4,6-7,10-12H,5,8-9H2,1-2H3. The summed E-state index contributed by atoms with van der Waals surface area (Å²) < 4.78 is 33.3. The van der Waals surface area contributed by atoms with E-state index >= 15 is 0 Å². The number of amides is 1. The van der Waals surface area contributed by atoms with Gasteiger partial charge in [0.1, 0.15) is 11.6 Å². The zero-order valence-electron chi connectivity index (χ0n) is 15.6. The maximum atomic E-state index is 14.2. The van der Waals surface area contributed by atoms with Crippen molar-refractivity contribution < 1.29 is 18.1 Å². The van der Waals surface area contributed by atoms with Crippen LogP contribution in [-0.4, -0.2) is 22.6 Å². The van der Waals surface area contributed by atoms with Crippen LogP contribution in [0.15, 0.2) is 40.9 Å². The highest BCUT2D eigenvalue weighted by molar-refractivity contribution is 6.10. The van der Waals surface area contributed by atoms with Gasteiger partial charge in [-0.1, -0.05) is 31.1 Å². The fourth-order valence-corrected chi connectivity index (χ4v) is 3.40. The van der Waals surface area contributed by atoms with Crippen molar-refractivity contribution in [3.63, 3.8) is 0 Å². The zero-order chi connectivity index (χ0) is 19.8. The first kappa shape index (κ1) is 18.3. The van der Waals surface area contributed by atoms with Crippen LogP contribution in [0.2, 0.25) is 0 Å². The normalized spacial score (nSPS) is 13.7. The van der Waals surface area contributed by atoms with Gasteiger partial charge >= 0.3 is 0 Å². The lowest BCUT2D eigenvalue weighted by Gasteiger charge is -2.30. The summed E-state index contributed by atoms with van der Waals surface area (Å²) in [4.78, 5) is 19.1. The third kappa shape index (κ3) is 3.17. The Kier molecular flexibility index (Phi) is 4.66. The van der Waals surface area contributed by atoms with E-state index in [9.17, 15) is 13.6 Å². The third-order valence-electron chi connectivity index (χ3n) is 4.83. The first-order valence-corrected chi connectivity index (χ1v) is 9.18. The number of aromatic nitrogens is 2. The van der Waals surface area contributed by atoms with Crippen molar-refractivity contribution in [1.29, 1.82) is 0 Å². The molecule has 0 fully saturated rings. The van der Waals surface area contributed by atoms with Gasteiger partial charge in [0, 0.05) is 24.1 Å². The molecule has 5 nitrogen and oxygen atoms in total. The highest BCUT2D eigenvalue weighted by Gasteiger charge is 2.29. The largest absolute Gasteiger partial charge is 0.334 e. The summed E-state index contributed by atoms with van der Waals surface area (Å²) in [6.07, 6.45) is 1.07. The van der Waals surface area contributed by atoms with Crippen molar-refractivity contribution in [3.05, 3.63) is 65.0 Å². The Morgan fingerprint density at radius 3 is 2.75 bits per heavy atom. The molecule has 0 saturated carbocycles. The summed E-state index contributed by atoms with van der Waals surface area (Å²) >= 11 is 0. The molecule has 1 aliphatic rings. The lowest BCUT2D eigenvalue weighted by Crippen LogP contribution is -2.36. The van der Waals surface area contributed by atoms with E-state index in [0.29, 0.717) is 41.9 Å². The van der Waals surface area contributed by atoms with E-state index in [-0.39, 0.29) is 23.4 Å². The first-order valence-electron chi connectivity index (χ1n) is 9.18. The smallest absolute Gasteiger partial charge is 0.259 e. The summed E-state index contributed by atoms with van der Waals surface area (Å²) in [5.74, 6) is -0.812. The minimum atomic E-state index is -0.706. The fraction of sp³-hybridized carbons (Fsp3) is 0.286. The van der Waals surface area contributed by atoms with Crippen LogP contribution in [0.25, 0.3) is 11.5 Å². The predicted octanol–water partition coefficient (Wildman–Crippen LogP) is 4.73. The third-order valence-corrected chi connectivity index (χ3v) is 4.83. The van der Waals surface area contributed by atoms with Crippen molar-refractivity contribution >= 4 is 11.6 Å². The predicted molar refractivity (Wildman–Crippen MR) is 100 cm³/mol. The molecule has 1 amide bonds. The number of hydrogen-bond donors (Lipinski definition) is 0. The van der Waals surface area contributed by atoms with Crippen LogP contribution < -0.4 is 4.90 Å². The Bertz CT molecular complexity index is 1050. The Morgan fingerprint density at radius 2 is 2.00 bits per heavy atom. The van der Waals surface area contributed by atoms with Gasteiger partial charge < -0.3 is 9.42 Å². The molecule has 0 bridgehead atoms. The average Bonchev–Trinajstić information content (AvgIpc) is 3.17. The highest BCUT2D eigenvalue weighted by atomic mass is 19.1. The minimum Gasteiger partial charge on any atom is -0.334 e. The molecule has 144 valence electrons. The molecule has 0 N–H and O–H groups in total. The van der Waals surface area contributed by atoms with Crippen molar-refractivity contribution in [2.75, 3.05) is 11.4 Å². The summed E-state index contributed by atoms with van der Waals surface area (Å²) in [5.41, 5.74) is 1.48. The lowest BCUT2D eigenvalue weighted by atomic mass is 9.98. The van der Waals surface area contributed by atoms with Crippen LogP contribution in [0.1, 0.15) is 47.9 Å². The van der Waals surface area contributed by atoms with E-state index in [2.05, 4.69) is 10.1 Å². The number of fused-ring (bicyclic) bond motifs is 1. The molecule has 0 unspecified atom stereocenters. The van der Waals surface area contributed by atoms with Crippen molar-refractivity contribution in [1.82, 2.24) is 10.1 Å².